The van der Waals surface area contributed by atoms with Crippen molar-refractivity contribution in [2.45, 2.75) is 6.92 Å². The average Bonchev–Trinajstić information content (AvgIpc) is 3.02. The lowest BCUT2D eigenvalue weighted by atomic mass is 10.0. The van der Waals surface area contributed by atoms with Crippen molar-refractivity contribution >= 4 is 5.65 Å². The van der Waals surface area contributed by atoms with Crippen LogP contribution in [0.25, 0.3) is 28.0 Å². The molecule has 0 spiro atoms. The van der Waals surface area contributed by atoms with E-state index in [1.165, 1.54) is 22.7 Å². The minimum Gasteiger partial charge on any atom is -0.497 e. The van der Waals surface area contributed by atoms with Gasteiger partial charge in [-0.1, -0.05) is 12.1 Å². The highest BCUT2D eigenvalue weighted by atomic mass is 19.1. The van der Waals surface area contributed by atoms with Crippen molar-refractivity contribution in [3.8, 4) is 28.1 Å². The Hall–Kier alpha value is -3.41. The second-order valence-electron chi connectivity index (χ2n) is 5.99. The molecule has 0 amide bonds. The third kappa shape index (κ3) is 2.65. The largest absolute Gasteiger partial charge is 0.497 e. The minimum atomic E-state index is -0.319. The second kappa shape index (κ2) is 6.15. The Balaban J connectivity index is 2.04. The fourth-order valence-electron chi connectivity index (χ4n) is 3.01. The van der Waals surface area contributed by atoms with Crippen LogP contribution in [0.15, 0.2) is 59.4 Å². The number of nitrogens with one attached hydrogen (secondary N) is 1. The van der Waals surface area contributed by atoms with Crippen LogP contribution < -0.4 is 10.3 Å². The normalized spacial score (nSPS) is 11.0. The molecule has 4 aromatic rings. The summed E-state index contributed by atoms with van der Waals surface area (Å²) in [5.41, 5.74) is 4.05. The van der Waals surface area contributed by atoms with Gasteiger partial charge in [-0.05, 0) is 48.9 Å². The molecule has 0 aliphatic rings. The zero-order valence-electron chi connectivity index (χ0n) is 14.3. The highest BCUT2D eigenvalue weighted by Gasteiger charge is 2.18. The van der Waals surface area contributed by atoms with Crippen molar-refractivity contribution in [2.75, 3.05) is 7.11 Å². The number of fused-ring (bicyclic) bond motifs is 1. The summed E-state index contributed by atoms with van der Waals surface area (Å²) in [5, 5.41) is 3.13. The van der Waals surface area contributed by atoms with Crippen LogP contribution in [-0.4, -0.2) is 21.7 Å². The Bertz CT molecular complexity index is 1140. The fraction of sp³-hybridized carbons (Fsp3) is 0.100. The zero-order valence-corrected chi connectivity index (χ0v) is 14.3. The van der Waals surface area contributed by atoms with E-state index in [9.17, 15) is 9.18 Å². The van der Waals surface area contributed by atoms with Gasteiger partial charge in [0.1, 0.15) is 11.6 Å². The van der Waals surface area contributed by atoms with Crippen molar-refractivity contribution in [2.24, 2.45) is 0 Å². The number of benzene rings is 2. The molecule has 0 atom stereocenters. The van der Waals surface area contributed by atoms with Gasteiger partial charge in [0.2, 0.25) is 0 Å². The lowest BCUT2D eigenvalue weighted by molar-refractivity contribution is 0.415. The van der Waals surface area contributed by atoms with Crippen LogP contribution in [0.1, 0.15) is 5.69 Å². The van der Waals surface area contributed by atoms with Gasteiger partial charge in [-0.15, -0.1) is 0 Å². The molecule has 2 aromatic heterocycles. The molecule has 0 unspecified atom stereocenters. The van der Waals surface area contributed by atoms with E-state index in [1.54, 1.807) is 26.2 Å². The number of halogens is 1. The van der Waals surface area contributed by atoms with Crippen LogP contribution in [0, 0.1) is 12.7 Å². The Morgan fingerprint density at radius 2 is 1.69 bits per heavy atom. The molecule has 6 heteroatoms. The quantitative estimate of drug-likeness (QED) is 0.612. The molecule has 0 fully saturated rings. The molecule has 26 heavy (non-hydrogen) atoms. The van der Waals surface area contributed by atoms with E-state index < -0.39 is 0 Å². The molecule has 5 nitrogen and oxygen atoms in total. The molecule has 2 aromatic carbocycles. The van der Waals surface area contributed by atoms with E-state index in [2.05, 4.69) is 10.1 Å². The summed E-state index contributed by atoms with van der Waals surface area (Å²) in [6.07, 6.45) is 0. The van der Waals surface area contributed by atoms with Crippen molar-refractivity contribution in [3.63, 3.8) is 0 Å². The Labute approximate surface area is 148 Å². The van der Waals surface area contributed by atoms with Crippen LogP contribution in [0.5, 0.6) is 5.75 Å². The number of methoxy groups -OCH3 is 1. The maximum atomic E-state index is 13.4. The number of hydrogen-bond acceptors (Lipinski definition) is 3. The molecule has 0 aliphatic carbocycles. The predicted octanol–water partition coefficient (Wildman–Crippen LogP) is 3.81. The maximum absolute atomic E-state index is 13.4. The zero-order chi connectivity index (χ0) is 18.3. The minimum absolute atomic E-state index is 0.198. The smallest absolute Gasteiger partial charge is 0.272 e. The Morgan fingerprint density at radius 1 is 1.04 bits per heavy atom. The van der Waals surface area contributed by atoms with Crippen molar-refractivity contribution in [3.05, 3.63) is 76.5 Å². The maximum Gasteiger partial charge on any atom is 0.272 e. The third-order valence-electron chi connectivity index (χ3n) is 4.26. The summed E-state index contributed by atoms with van der Waals surface area (Å²) in [6.45, 7) is 1.77. The monoisotopic (exact) mass is 349 g/mol. The van der Waals surface area contributed by atoms with Gasteiger partial charge in [-0.2, -0.15) is 0 Å². The summed E-state index contributed by atoms with van der Waals surface area (Å²) in [4.78, 5) is 16.9. The summed E-state index contributed by atoms with van der Waals surface area (Å²) in [6, 6.07) is 15.1. The molecule has 0 saturated heterocycles. The molecule has 0 bridgehead atoms. The van der Waals surface area contributed by atoms with Crippen LogP contribution in [-0.2, 0) is 0 Å². The number of hydrogen-bond donors (Lipinski definition) is 1. The Kier molecular flexibility index (Phi) is 3.80. The summed E-state index contributed by atoms with van der Waals surface area (Å²) < 4.78 is 20.0. The molecule has 1 N–H and O–H groups in total. The second-order valence-corrected chi connectivity index (χ2v) is 5.99. The van der Waals surface area contributed by atoms with E-state index in [1.807, 2.05) is 24.3 Å². The standard InChI is InChI=1S/C20H16FN3O2/c1-12-11-17(25)24-20(22-12)18(13-3-7-15(21)8-4-13)19(23-24)14-5-9-16(26-2)10-6-14/h3-11,23H,1-2H3. The van der Waals surface area contributed by atoms with Crippen LogP contribution >= 0.6 is 0 Å². The van der Waals surface area contributed by atoms with Crippen LogP contribution in [0.2, 0.25) is 0 Å². The average molecular weight is 349 g/mol. The first-order valence-electron chi connectivity index (χ1n) is 8.09. The fourth-order valence-corrected chi connectivity index (χ4v) is 3.01. The van der Waals surface area contributed by atoms with Gasteiger partial charge in [-0.3, -0.25) is 9.89 Å². The van der Waals surface area contributed by atoms with Gasteiger partial charge in [0.15, 0.2) is 5.65 Å². The summed E-state index contributed by atoms with van der Waals surface area (Å²) in [7, 11) is 1.61. The lowest BCUT2D eigenvalue weighted by Gasteiger charge is -2.06. The molecular weight excluding hydrogens is 333 g/mol. The molecule has 4 rings (SSSR count). The number of aryl methyl sites for hydroxylation is 1. The first kappa shape index (κ1) is 16.1. The molecule has 2 heterocycles. The first-order valence-corrected chi connectivity index (χ1v) is 8.09. The van der Waals surface area contributed by atoms with Crippen molar-refractivity contribution in [1.29, 1.82) is 0 Å². The third-order valence-corrected chi connectivity index (χ3v) is 4.26. The molecule has 130 valence electrons. The molecule has 0 saturated carbocycles. The summed E-state index contributed by atoms with van der Waals surface area (Å²) in [5.74, 6) is 0.417. The molecule has 0 aliphatic heterocycles. The van der Waals surface area contributed by atoms with Crippen LogP contribution in [0.3, 0.4) is 0 Å². The van der Waals surface area contributed by atoms with Gasteiger partial charge in [0.25, 0.3) is 5.56 Å². The highest BCUT2D eigenvalue weighted by molar-refractivity contribution is 5.90. The number of aromatic nitrogens is 3. The number of nitrogens with zero attached hydrogens (tertiary/aromatic N) is 2. The van der Waals surface area contributed by atoms with E-state index in [4.69, 9.17) is 4.74 Å². The Morgan fingerprint density at radius 3 is 2.35 bits per heavy atom. The highest BCUT2D eigenvalue weighted by Crippen LogP contribution is 2.34. The van der Waals surface area contributed by atoms with Gasteiger partial charge in [0.05, 0.1) is 18.4 Å². The number of rotatable bonds is 3. The van der Waals surface area contributed by atoms with Crippen LogP contribution in [0.4, 0.5) is 4.39 Å². The van der Waals surface area contributed by atoms with Crippen molar-refractivity contribution < 1.29 is 9.13 Å². The van der Waals surface area contributed by atoms with E-state index in [0.717, 1.165) is 28.1 Å². The van der Waals surface area contributed by atoms with Crippen molar-refractivity contribution in [1.82, 2.24) is 14.6 Å². The summed E-state index contributed by atoms with van der Waals surface area (Å²) >= 11 is 0. The number of aromatic amines is 1. The topological polar surface area (TPSA) is 59.4 Å². The predicted molar refractivity (Wildman–Crippen MR) is 97.9 cm³/mol. The molecule has 0 radical (unpaired) electrons. The van der Waals surface area contributed by atoms with E-state index in [-0.39, 0.29) is 11.4 Å². The van der Waals surface area contributed by atoms with Gasteiger partial charge >= 0.3 is 0 Å². The van der Waals surface area contributed by atoms with Gasteiger partial charge < -0.3 is 4.74 Å². The lowest BCUT2D eigenvalue weighted by Crippen LogP contribution is -2.14. The number of ether oxygens (including phenoxy) is 1. The van der Waals surface area contributed by atoms with E-state index >= 15 is 0 Å². The first-order chi connectivity index (χ1) is 12.6. The molecular formula is C20H16FN3O2. The number of H-pyrrole nitrogens is 1. The van der Waals surface area contributed by atoms with Gasteiger partial charge in [0, 0.05) is 17.3 Å². The van der Waals surface area contributed by atoms with E-state index in [0.29, 0.717) is 11.3 Å². The van der Waals surface area contributed by atoms with Gasteiger partial charge in [-0.25, -0.2) is 13.9 Å². The SMILES string of the molecule is COc1ccc(-c2[nH]n3c(=O)cc(C)nc3c2-c2ccc(F)cc2)cc1.